The molecule has 0 bridgehead atoms. The number of amides is 2. The number of rotatable bonds is 1. The van der Waals surface area contributed by atoms with Crippen molar-refractivity contribution in [2.75, 3.05) is 18.8 Å². The Balaban J connectivity index is 0.000000194. The number of nitrogens with zero attached hydrogens (tertiary/aromatic N) is 4. The molecule has 1 saturated heterocycles. The molecule has 2 amide bonds. The Kier molecular flexibility index (Phi) is 9.25. The summed E-state index contributed by atoms with van der Waals surface area (Å²) in [5.74, 6) is -0.210. The number of carbonyl (C=O) groups is 2. The Labute approximate surface area is 199 Å². The van der Waals surface area contributed by atoms with Crippen LogP contribution in [0, 0.1) is 0 Å². The number of piperidine rings is 1. The summed E-state index contributed by atoms with van der Waals surface area (Å²) in [6, 6.07) is 5.16. The van der Waals surface area contributed by atoms with E-state index in [0.29, 0.717) is 16.0 Å². The Bertz CT molecular complexity index is 1140. The number of anilines is 1. The molecule has 0 aliphatic carbocycles. The zero-order valence-corrected chi connectivity index (χ0v) is 19.5. The number of carbonyl (C=O) groups excluding carboxylic acids is 2. The lowest BCUT2D eigenvalue weighted by atomic mass is 10.1. The van der Waals surface area contributed by atoms with Gasteiger partial charge >= 0.3 is 6.18 Å². The maximum absolute atomic E-state index is 12.4. The van der Waals surface area contributed by atoms with Gasteiger partial charge in [-0.1, -0.05) is 11.6 Å². The fourth-order valence-corrected chi connectivity index (χ4v) is 3.30. The molecule has 1 aliphatic rings. The number of aryl methyl sites for hydroxylation is 1. The second-order valence-corrected chi connectivity index (χ2v) is 8.03. The first-order valence-corrected chi connectivity index (χ1v) is 10.7. The minimum absolute atomic E-state index is 0.0137. The lowest BCUT2D eigenvalue weighted by Gasteiger charge is -2.24. The molecule has 184 valence electrons. The molecule has 0 unspecified atom stereocenters. The van der Waals surface area contributed by atoms with Gasteiger partial charge in [0.1, 0.15) is 5.69 Å². The largest absolute Gasteiger partial charge is 0.433 e. The van der Waals surface area contributed by atoms with Crippen LogP contribution in [0.3, 0.4) is 0 Å². The summed E-state index contributed by atoms with van der Waals surface area (Å²) in [6.45, 7) is 3.61. The number of nitrogens with two attached hydrogens (primary N) is 2. The molecule has 4 N–H and O–H groups in total. The van der Waals surface area contributed by atoms with Crippen LogP contribution in [0.1, 0.15) is 42.2 Å². The van der Waals surface area contributed by atoms with Crippen LogP contribution in [0.25, 0.3) is 10.9 Å². The van der Waals surface area contributed by atoms with Gasteiger partial charge in [0.25, 0.3) is 5.91 Å². The SMILES string of the molecule is CC(=O)N1CCCCC1.Cn1cc(C(N)=O)cn1.Nc1cc(C(F)(F)F)nc2ccc(Cl)cc12. The number of hydrogen-bond donors (Lipinski definition) is 2. The second-order valence-electron chi connectivity index (χ2n) is 7.59. The summed E-state index contributed by atoms with van der Waals surface area (Å²) < 4.78 is 38.8. The van der Waals surface area contributed by atoms with Gasteiger partial charge < -0.3 is 16.4 Å². The number of benzene rings is 1. The van der Waals surface area contributed by atoms with Gasteiger partial charge in [-0.15, -0.1) is 0 Å². The number of halogens is 4. The molecule has 4 rings (SSSR count). The molecule has 1 aliphatic heterocycles. The van der Waals surface area contributed by atoms with Crippen LogP contribution in [-0.2, 0) is 18.0 Å². The van der Waals surface area contributed by atoms with Crippen LogP contribution < -0.4 is 11.5 Å². The normalized spacial score (nSPS) is 13.4. The molecule has 2 aromatic heterocycles. The maximum atomic E-state index is 12.4. The van der Waals surface area contributed by atoms with Crippen molar-refractivity contribution in [2.45, 2.75) is 32.4 Å². The van der Waals surface area contributed by atoms with Gasteiger partial charge in [0.05, 0.1) is 17.3 Å². The highest BCUT2D eigenvalue weighted by atomic mass is 35.5. The van der Waals surface area contributed by atoms with E-state index in [1.54, 1.807) is 20.2 Å². The molecule has 3 heterocycles. The monoisotopic (exact) mass is 498 g/mol. The molecule has 12 heteroatoms. The summed E-state index contributed by atoms with van der Waals surface area (Å²) in [6.07, 6.45) is 2.19. The van der Waals surface area contributed by atoms with E-state index in [1.807, 2.05) is 4.90 Å². The lowest BCUT2D eigenvalue weighted by Crippen LogP contribution is -2.33. The van der Waals surface area contributed by atoms with E-state index in [1.165, 1.54) is 48.3 Å². The quantitative estimate of drug-likeness (QED) is 0.525. The van der Waals surface area contributed by atoms with Gasteiger partial charge in [-0.3, -0.25) is 14.3 Å². The molecule has 0 atom stereocenters. The summed E-state index contributed by atoms with van der Waals surface area (Å²) in [5, 5.41) is 4.57. The smallest absolute Gasteiger partial charge is 0.398 e. The van der Waals surface area contributed by atoms with Crippen molar-refractivity contribution in [3.8, 4) is 0 Å². The summed E-state index contributed by atoms with van der Waals surface area (Å²) in [7, 11) is 1.73. The van der Waals surface area contributed by atoms with Crippen molar-refractivity contribution in [3.05, 3.63) is 52.9 Å². The first-order valence-electron chi connectivity index (χ1n) is 10.4. The van der Waals surface area contributed by atoms with E-state index in [0.717, 1.165) is 19.2 Å². The zero-order chi connectivity index (χ0) is 25.5. The van der Waals surface area contributed by atoms with Crippen molar-refractivity contribution < 1.29 is 22.8 Å². The highest BCUT2D eigenvalue weighted by Gasteiger charge is 2.33. The van der Waals surface area contributed by atoms with Crippen molar-refractivity contribution in [2.24, 2.45) is 12.8 Å². The highest BCUT2D eigenvalue weighted by molar-refractivity contribution is 6.31. The van der Waals surface area contributed by atoms with Crippen LogP contribution in [-0.4, -0.2) is 44.6 Å². The van der Waals surface area contributed by atoms with Crippen molar-refractivity contribution in [1.29, 1.82) is 0 Å². The van der Waals surface area contributed by atoms with Gasteiger partial charge in [-0.05, 0) is 43.5 Å². The van der Waals surface area contributed by atoms with E-state index in [2.05, 4.69) is 10.1 Å². The summed E-state index contributed by atoms with van der Waals surface area (Å²) in [4.78, 5) is 26.5. The molecule has 0 saturated carbocycles. The number of hydrogen-bond acceptors (Lipinski definition) is 5. The Morgan fingerprint density at radius 2 is 1.76 bits per heavy atom. The average molecular weight is 499 g/mol. The van der Waals surface area contributed by atoms with Crippen molar-refractivity contribution in [3.63, 3.8) is 0 Å². The fraction of sp³-hybridized carbons (Fsp3) is 0.364. The number of likely N-dealkylation sites (tertiary alicyclic amines) is 1. The van der Waals surface area contributed by atoms with Gasteiger partial charge in [0.2, 0.25) is 5.91 Å². The fourth-order valence-electron chi connectivity index (χ4n) is 3.13. The van der Waals surface area contributed by atoms with Crippen LogP contribution in [0.15, 0.2) is 36.7 Å². The van der Waals surface area contributed by atoms with Gasteiger partial charge in [0.15, 0.2) is 0 Å². The van der Waals surface area contributed by atoms with E-state index in [-0.39, 0.29) is 17.1 Å². The zero-order valence-electron chi connectivity index (χ0n) is 18.8. The molecule has 34 heavy (non-hydrogen) atoms. The van der Waals surface area contributed by atoms with E-state index in [4.69, 9.17) is 23.1 Å². The predicted molar refractivity (Wildman–Crippen MR) is 124 cm³/mol. The first kappa shape index (κ1) is 26.9. The highest BCUT2D eigenvalue weighted by Crippen LogP contribution is 2.32. The summed E-state index contributed by atoms with van der Waals surface area (Å²) in [5.41, 5.74) is 10.1. The molecular formula is C22H26ClF3N6O2. The second kappa shape index (κ2) is 11.7. The minimum Gasteiger partial charge on any atom is -0.398 e. The third-order valence-corrected chi connectivity index (χ3v) is 5.12. The third-order valence-electron chi connectivity index (χ3n) is 4.88. The van der Waals surface area contributed by atoms with Crippen LogP contribution in [0.2, 0.25) is 5.02 Å². The number of pyridine rings is 1. The maximum Gasteiger partial charge on any atom is 0.433 e. The first-order chi connectivity index (χ1) is 15.9. The van der Waals surface area contributed by atoms with E-state index in [9.17, 15) is 22.8 Å². The molecule has 0 radical (unpaired) electrons. The Morgan fingerprint density at radius 3 is 2.21 bits per heavy atom. The van der Waals surface area contributed by atoms with Crippen LogP contribution >= 0.6 is 11.6 Å². The van der Waals surface area contributed by atoms with E-state index < -0.39 is 17.8 Å². The van der Waals surface area contributed by atoms with Crippen LogP contribution in [0.5, 0.6) is 0 Å². The Morgan fingerprint density at radius 1 is 1.12 bits per heavy atom. The molecule has 3 aromatic rings. The van der Waals surface area contributed by atoms with Crippen molar-refractivity contribution in [1.82, 2.24) is 19.7 Å². The molecule has 8 nitrogen and oxygen atoms in total. The van der Waals surface area contributed by atoms with Gasteiger partial charge in [-0.25, -0.2) is 4.98 Å². The number of aromatic nitrogens is 3. The molecule has 0 spiro atoms. The standard InChI is InChI=1S/C10H6ClF3N2.C7H13NO.C5H7N3O/c11-5-1-2-8-6(3-5)7(15)4-9(16-8)10(12,13)14;1-7(9)8-5-3-2-4-6-8;1-8-3-4(2-7-8)5(6)9/h1-4H,(H2,15,16);2-6H2,1H3;2-3H,1H3,(H2,6,9). The van der Waals surface area contributed by atoms with Gasteiger partial charge in [-0.2, -0.15) is 18.3 Å². The molecular weight excluding hydrogens is 473 g/mol. The number of fused-ring (bicyclic) bond motifs is 1. The average Bonchev–Trinajstić information content (AvgIpc) is 3.22. The minimum atomic E-state index is -4.50. The number of nitrogen functional groups attached to an aromatic ring is 1. The van der Waals surface area contributed by atoms with E-state index >= 15 is 0 Å². The number of alkyl halides is 3. The lowest BCUT2D eigenvalue weighted by molar-refractivity contribution is -0.141. The predicted octanol–water partition coefficient (Wildman–Crippen LogP) is 4.03. The third kappa shape index (κ3) is 7.91. The number of primary amides is 1. The summed E-state index contributed by atoms with van der Waals surface area (Å²) >= 11 is 5.71. The molecule has 1 aromatic carbocycles. The van der Waals surface area contributed by atoms with Gasteiger partial charge in [0, 0.05) is 49.4 Å². The molecule has 1 fully saturated rings. The van der Waals surface area contributed by atoms with Crippen LogP contribution in [0.4, 0.5) is 18.9 Å². The van der Waals surface area contributed by atoms with Crippen molar-refractivity contribution >= 4 is 40.0 Å². The topological polar surface area (TPSA) is 120 Å². The Hall–Kier alpha value is -3.34.